The number of carbonyl (C=O) groups excluding carboxylic acids is 1. The Morgan fingerprint density at radius 3 is 2.58 bits per heavy atom. The molecular formula is C26H23FN4O2. The number of nitrogens with one attached hydrogen (secondary N) is 1. The molecule has 0 atom stereocenters. The van der Waals surface area contributed by atoms with Crippen molar-refractivity contribution in [2.24, 2.45) is 0 Å². The van der Waals surface area contributed by atoms with Crippen LogP contribution in [0.3, 0.4) is 0 Å². The van der Waals surface area contributed by atoms with Crippen LogP contribution in [0.5, 0.6) is 5.75 Å². The van der Waals surface area contributed by atoms with Gasteiger partial charge in [0.2, 0.25) is 0 Å². The highest BCUT2D eigenvalue weighted by atomic mass is 19.1. The van der Waals surface area contributed by atoms with Gasteiger partial charge in [-0.1, -0.05) is 0 Å². The van der Waals surface area contributed by atoms with Crippen LogP contribution in [0.25, 0.3) is 22.0 Å². The zero-order chi connectivity index (χ0) is 22.6. The molecule has 1 aliphatic rings. The lowest BCUT2D eigenvalue weighted by molar-refractivity contribution is 0.0992. The predicted octanol–water partition coefficient (Wildman–Crippen LogP) is 4.39. The van der Waals surface area contributed by atoms with Crippen molar-refractivity contribution in [3.05, 3.63) is 84.3 Å². The quantitative estimate of drug-likeness (QED) is 0.447. The minimum Gasteiger partial charge on any atom is -0.489 e. The molecule has 0 amide bonds. The van der Waals surface area contributed by atoms with Crippen molar-refractivity contribution in [1.29, 1.82) is 0 Å². The van der Waals surface area contributed by atoms with E-state index in [0.29, 0.717) is 11.3 Å². The monoisotopic (exact) mass is 442 g/mol. The van der Waals surface area contributed by atoms with Gasteiger partial charge in [-0.05, 0) is 73.8 Å². The van der Waals surface area contributed by atoms with E-state index in [1.165, 1.54) is 24.3 Å². The summed E-state index contributed by atoms with van der Waals surface area (Å²) in [6.07, 6.45) is 9.27. The van der Waals surface area contributed by atoms with Crippen LogP contribution < -0.4 is 10.1 Å². The Hall–Kier alpha value is -3.71. The minimum atomic E-state index is -0.366. The van der Waals surface area contributed by atoms with Crippen molar-refractivity contribution < 1.29 is 13.9 Å². The summed E-state index contributed by atoms with van der Waals surface area (Å²) in [5.74, 6) is 0.264. The first kappa shape index (κ1) is 21.2. The second-order valence-electron chi connectivity index (χ2n) is 8.18. The molecule has 1 aliphatic heterocycles. The Kier molecular flexibility index (Phi) is 6.04. The molecule has 0 saturated carbocycles. The summed E-state index contributed by atoms with van der Waals surface area (Å²) in [4.78, 5) is 25.9. The van der Waals surface area contributed by atoms with Gasteiger partial charge in [-0.3, -0.25) is 19.7 Å². The van der Waals surface area contributed by atoms with Crippen molar-refractivity contribution in [3.63, 3.8) is 0 Å². The predicted molar refractivity (Wildman–Crippen MR) is 124 cm³/mol. The Morgan fingerprint density at radius 2 is 1.76 bits per heavy atom. The van der Waals surface area contributed by atoms with Crippen LogP contribution in [0, 0.1) is 5.82 Å². The number of halogens is 1. The fourth-order valence-corrected chi connectivity index (χ4v) is 3.97. The van der Waals surface area contributed by atoms with Gasteiger partial charge < -0.3 is 10.1 Å². The summed E-state index contributed by atoms with van der Waals surface area (Å²) >= 11 is 0. The summed E-state index contributed by atoms with van der Waals surface area (Å²) in [7, 11) is 0. The SMILES string of the molecule is O=C(Cc1cc2cc(-c3cncc(OC4CCNCC4)c3)ncc2cn1)c1ccc(F)cc1. The second kappa shape index (κ2) is 9.42. The molecule has 3 aromatic heterocycles. The normalized spacial score (nSPS) is 14.3. The Morgan fingerprint density at radius 1 is 0.970 bits per heavy atom. The average Bonchev–Trinajstić information content (AvgIpc) is 2.85. The third-order valence-electron chi connectivity index (χ3n) is 5.77. The third kappa shape index (κ3) is 5.04. The number of fused-ring (bicyclic) bond motifs is 1. The first-order chi connectivity index (χ1) is 16.1. The molecule has 1 saturated heterocycles. The van der Waals surface area contributed by atoms with Gasteiger partial charge in [-0.15, -0.1) is 0 Å². The van der Waals surface area contributed by atoms with Crippen LogP contribution in [0.2, 0.25) is 0 Å². The van der Waals surface area contributed by atoms with E-state index in [2.05, 4.69) is 20.3 Å². The van der Waals surface area contributed by atoms with Gasteiger partial charge in [0.1, 0.15) is 17.7 Å². The summed E-state index contributed by atoms with van der Waals surface area (Å²) in [5, 5.41) is 5.15. The molecule has 166 valence electrons. The smallest absolute Gasteiger partial charge is 0.168 e. The topological polar surface area (TPSA) is 77.0 Å². The van der Waals surface area contributed by atoms with Crippen LogP contribution in [-0.2, 0) is 6.42 Å². The van der Waals surface area contributed by atoms with E-state index >= 15 is 0 Å². The van der Waals surface area contributed by atoms with Crippen LogP contribution in [0.15, 0.2) is 67.3 Å². The number of benzene rings is 1. The number of aromatic nitrogens is 3. The first-order valence-electron chi connectivity index (χ1n) is 11.0. The molecule has 4 heterocycles. The maximum atomic E-state index is 13.1. The van der Waals surface area contributed by atoms with E-state index in [9.17, 15) is 9.18 Å². The lowest BCUT2D eigenvalue weighted by atomic mass is 10.0. The molecule has 0 unspecified atom stereocenters. The maximum Gasteiger partial charge on any atom is 0.168 e. The maximum absolute atomic E-state index is 13.1. The van der Waals surface area contributed by atoms with Gasteiger partial charge in [0.05, 0.1) is 18.3 Å². The van der Waals surface area contributed by atoms with Gasteiger partial charge >= 0.3 is 0 Å². The van der Waals surface area contributed by atoms with Crippen LogP contribution in [0.4, 0.5) is 4.39 Å². The van der Waals surface area contributed by atoms with Gasteiger partial charge in [-0.25, -0.2) is 4.39 Å². The molecule has 0 radical (unpaired) electrons. The fourth-order valence-electron chi connectivity index (χ4n) is 3.97. The highest BCUT2D eigenvalue weighted by Crippen LogP contribution is 2.26. The van der Waals surface area contributed by atoms with Crippen molar-refractivity contribution in [2.45, 2.75) is 25.4 Å². The third-order valence-corrected chi connectivity index (χ3v) is 5.77. The van der Waals surface area contributed by atoms with E-state index in [1.807, 2.05) is 18.2 Å². The van der Waals surface area contributed by atoms with E-state index in [4.69, 9.17) is 4.74 Å². The van der Waals surface area contributed by atoms with E-state index in [-0.39, 0.29) is 24.1 Å². The Labute approximate surface area is 190 Å². The molecule has 1 N–H and O–H groups in total. The number of piperidine rings is 1. The van der Waals surface area contributed by atoms with Crippen molar-refractivity contribution in [3.8, 4) is 17.0 Å². The Bertz CT molecular complexity index is 1290. The van der Waals surface area contributed by atoms with Crippen molar-refractivity contribution in [2.75, 3.05) is 13.1 Å². The zero-order valence-corrected chi connectivity index (χ0v) is 18.0. The molecule has 0 spiro atoms. The molecular weight excluding hydrogens is 419 g/mol. The van der Waals surface area contributed by atoms with Gasteiger partial charge in [-0.2, -0.15) is 0 Å². The summed E-state index contributed by atoms with van der Waals surface area (Å²) in [5.41, 5.74) is 2.75. The summed E-state index contributed by atoms with van der Waals surface area (Å²) in [6, 6.07) is 11.4. The number of nitrogens with zero attached hydrogens (tertiary/aromatic N) is 3. The highest BCUT2D eigenvalue weighted by Gasteiger charge is 2.15. The molecule has 0 bridgehead atoms. The van der Waals surface area contributed by atoms with Crippen molar-refractivity contribution >= 4 is 16.6 Å². The fraction of sp³-hybridized carbons (Fsp3) is 0.231. The second-order valence-corrected chi connectivity index (χ2v) is 8.18. The van der Waals surface area contributed by atoms with Gasteiger partial charge in [0.25, 0.3) is 0 Å². The first-order valence-corrected chi connectivity index (χ1v) is 11.0. The zero-order valence-electron chi connectivity index (χ0n) is 18.0. The number of ketones is 1. The highest BCUT2D eigenvalue weighted by molar-refractivity contribution is 5.97. The number of hydrogen-bond donors (Lipinski definition) is 1. The molecule has 6 nitrogen and oxygen atoms in total. The molecule has 7 heteroatoms. The molecule has 1 fully saturated rings. The van der Waals surface area contributed by atoms with Crippen LogP contribution >= 0.6 is 0 Å². The molecule has 5 rings (SSSR count). The number of carbonyl (C=O) groups is 1. The van der Waals surface area contributed by atoms with Crippen LogP contribution in [-0.4, -0.2) is 39.9 Å². The van der Waals surface area contributed by atoms with Gasteiger partial charge in [0.15, 0.2) is 5.78 Å². The number of pyridine rings is 3. The Balaban J connectivity index is 1.37. The van der Waals surface area contributed by atoms with E-state index < -0.39 is 0 Å². The van der Waals surface area contributed by atoms with E-state index in [1.54, 1.807) is 24.8 Å². The molecule has 4 aromatic rings. The number of ether oxygens (including phenoxy) is 1. The summed E-state index contributed by atoms with van der Waals surface area (Å²) in [6.45, 7) is 1.92. The summed E-state index contributed by atoms with van der Waals surface area (Å²) < 4.78 is 19.2. The number of rotatable bonds is 6. The van der Waals surface area contributed by atoms with E-state index in [0.717, 1.165) is 53.7 Å². The lowest BCUT2D eigenvalue weighted by Crippen LogP contribution is -2.34. The average molecular weight is 442 g/mol. The molecule has 33 heavy (non-hydrogen) atoms. The van der Waals surface area contributed by atoms with Crippen LogP contribution in [0.1, 0.15) is 28.9 Å². The number of hydrogen-bond acceptors (Lipinski definition) is 6. The lowest BCUT2D eigenvalue weighted by Gasteiger charge is -2.23. The standard InChI is InChI=1S/C26H23FN4O2/c27-21-3-1-17(2-4-21)26(32)12-22-9-18-11-25(31-15-20(18)14-30-22)19-10-24(16-29-13-19)33-23-5-7-28-8-6-23/h1-4,9-11,13-16,23,28H,5-8,12H2. The minimum absolute atomic E-state index is 0.108. The number of Topliss-reactive ketones (excluding diaryl/α,β-unsaturated/α-hetero) is 1. The molecule has 0 aliphatic carbocycles. The van der Waals surface area contributed by atoms with Crippen molar-refractivity contribution in [1.82, 2.24) is 20.3 Å². The van der Waals surface area contributed by atoms with Gasteiger partial charge in [0, 0.05) is 40.8 Å². The largest absolute Gasteiger partial charge is 0.489 e. The molecule has 1 aromatic carbocycles.